The summed E-state index contributed by atoms with van der Waals surface area (Å²) in [6.07, 6.45) is 9.31. The first-order valence-electron chi connectivity index (χ1n) is 12.7. The molecule has 2 heterocycles. The summed E-state index contributed by atoms with van der Waals surface area (Å²) in [6, 6.07) is 7.49. The van der Waals surface area contributed by atoms with Gasteiger partial charge in [0.2, 0.25) is 12.3 Å². The number of hydrogen-bond donors (Lipinski definition) is 0. The molecule has 1 saturated carbocycles. The van der Waals surface area contributed by atoms with Gasteiger partial charge in [0, 0.05) is 37.8 Å². The Morgan fingerprint density at radius 1 is 1.19 bits per heavy atom. The Balaban J connectivity index is 1.32. The van der Waals surface area contributed by atoms with Crippen molar-refractivity contribution in [1.82, 2.24) is 9.80 Å². The number of aryl methyl sites for hydroxylation is 1. The second-order valence-electron chi connectivity index (χ2n) is 10.8. The molecule has 2 amide bonds. The number of carbonyl (C=O) groups is 2. The first kappa shape index (κ1) is 23.3. The van der Waals surface area contributed by atoms with Crippen molar-refractivity contribution in [3.63, 3.8) is 0 Å². The molecule has 2 saturated heterocycles. The van der Waals surface area contributed by atoms with Gasteiger partial charge >= 0.3 is 0 Å². The third-order valence-electron chi connectivity index (χ3n) is 8.82. The lowest BCUT2D eigenvalue weighted by atomic mass is 9.59. The number of carbonyl (C=O) groups excluding carboxylic acids is 2. The molecule has 4 rings (SSSR count). The van der Waals surface area contributed by atoms with E-state index in [1.165, 1.54) is 62.7 Å². The van der Waals surface area contributed by atoms with E-state index in [0.29, 0.717) is 11.3 Å². The molecule has 176 valence electrons. The van der Waals surface area contributed by atoms with Crippen molar-refractivity contribution in [2.75, 3.05) is 38.1 Å². The van der Waals surface area contributed by atoms with Gasteiger partial charge in [-0.2, -0.15) is 0 Å². The van der Waals surface area contributed by atoms with Crippen LogP contribution < -0.4 is 4.90 Å². The highest BCUT2D eigenvalue weighted by Gasteiger charge is 2.48. The molecule has 1 unspecified atom stereocenters. The van der Waals surface area contributed by atoms with Gasteiger partial charge in [-0.15, -0.1) is 0 Å². The highest BCUT2D eigenvalue weighted by atomic mass is 16.2. The minimum atomic E-state index is 0.0581. The lowest BCUT2D eigenvalue weighted by molar-refractivity contribution is -0.123. The normalized spacial score (nSPS) is 23.1. The monoisotopic (exact) mass is 439 g/mol. The maximum Gasteiger partial charge on any atom is 0.229 e. The molecule has 2 aliphatic heterocycles. The molecular formula is C27H41N3O2. The minimum Gasteiger partial charge on any atom is -0.345 e. The Hall–Kier alpha value is -1.88. The van der Waals surface area contributed by atoms with Gasteiger partial charge in [0.25, 0.3) is 0 Å². The predicted molar refractivity (Wildman–Crippen MR) is 130 cm³/mol. The topological polar surface area (TPSA) is 43.9 Å². The number of piperidine rings is 2. The van der Waals surface area contributed by atoms with E-state index in [0.717, 1.165) is 37.6 Å². The van der Waals surface area contributed by atoms with Gasteiger partial charge in [0.1, 0.15) is 0 Å². The molecular weight excluding hydrogens is 398 g/mol. The Labute approximate surface area is 194 Å². The fourth-order valence-electron chi connectivity index (χ4n) is 6.17. The van der Waals surface area contributed by atoms with E-state index in [9.17, 15) is 9.59 Å². The zero-order chi connectivity index (χ0) is 22.9. The molecule has 5 nitrogen and oxygen atoms in total. The molecule has 5 heteroatoms. The maximum atomic E-state index is 12.7. The zero-order valence-corrected chi connectivity index (χ0v) is 20.5. The van der Waals surface area contributed by atoms with Gasteiger partial charge in [-0.3, -0.25) is 9.59 Å². The molecule has 1 atom stereocenters. The fourth-order valence-corrected chi connectivity index (χ4v) is 6.17. The van der Waals surface area contributed by atoms with Gasteiger partial charge in [-0.1, -0.05) is 26.0 Å². The van der Waals surface area contributed by atoms with Crippen LogP contribution in [0.25, 0.3) is 0 Å². The third kappa shape index (κ3) is 4.59. The van der Waals surface area contributed by atoms with Crippen molar-refractivity contribution >= 4 is 18.0 Å². The molecule has 3 fully saturated rings. The number of likely N-dealkylation sites (tertiary alicyclic amines) is 2. The lowest BCUT2D eigenvalue weighted by Crippen LogP contribution is -2.56. The van der Waals surface area contributed by atoms with E-state index in [-0.39, 0.29) is 11.8 Å². The summed E-state index contributed by atoms with van der Waals surface area (Å²) >= 11 is 0. The summed E-state index contributed by atoms with van der Waals surface area (Å²) in [4.78, 5) is 30.3. The van der Waals surface area contributed by atoms with Crippen LogP contribution in [0.5, 0.6) is 0 Å². The second kappa shape index (κ2) is 9.54. The van der Waals surface area contributed by atoms with Crippen LogP contribution in [0.15, 0.2) is 18.2 Å². The summed E-state index contributed by atoms with van der Waals surface area (Å²) in [5.41, 5.74) is 4.14. The van der Waals surface area contributed by atoms with E-state index in [2.05, 4.69) is 36.9 Å². The predicted octanol–water partition coefficient (Wildman–Crippen LogP) is 4.58. The molecule has 1 spiro atoms. The summed E-state index contributed by atoms with van der Waals surface area (Å²) in [5, 5.41) is 0. The van der Waals surface area contributed by atoms with E-state index < -0.39 is 0 Å². The van der Waals surface area contributed by atoms with Crippen molar-refractivity contribution in [2.24, 2.45) is 11.3 Å². The molecule has 0 aromatic heterocycles. The third-order valence-corrected chi connectivity index (χ3v) is 8.82. The minimum absolute atomic E-state index is 0.0581. The zero-order valence-electron chi connectivity index (χ0n) is 20.5. The number of hydrogen-bond acceptors (Lipinski definition) is 3. The lowest BCUT2D eigenvalue weighted by Gasteiger charge is -2.56. The number of amides is 2. The Bertz CT molecular complexity index is 814. The van der Waals surface area contributed by atoms with Gasteiger partial charge in [-0.25, -0.2) is 0 Å². The molecule has 3 aliphatic rings. The Morgan fingerprint density at radius 3 is 2.44 bits per heavy atom. The largest absolute Gasteiger partial charge is 0.345 e. The fraction of sp³-hybridized carbons (Fsp3) is 0.704. The van der Waals surface area contributed by atoms with Crippen molar-refractivity contribution in [1.29, 1.82) is 0 Å². The van der Waals surface area contributed by atoms with E-state index in [1.54, 1.807) is 0 Å². The second-order valence-corrected chi connectivity index (χ2v) is 10.8. The first-order valence-corrected chi connectivity index (χ1v) is 12.7. The van der Waals surface area contributed by atoms with Crippen molar-refractivity contribution < 1.29 is 9.59 Å². The van der Waals surface area contributed by atoms with E-state index >= 15 is 0 Å². The molecule has 1 aromatic carbocycles. The molecule has 0 radical (unpaired) electrons. The van der Waals surface area contributed by atoms with E-state index in [1.807, 2.05) is 23.8 Å². The van der Waals surface area contributed by atoms with Crippen LogP contribution in [-0.2, 0) is 9.59 Å². The smallest absolute Gasteiger partial charge is 0.229 e. The quantitative estimate of drug-likeness (QED) is 0.609. The van der Waals surface area contributed by atoms with Crippen LogP contribution in [0.3, 0.4) is 0 Å². The van der Waals surface area contributed by atoms with Gasteiger partial charge < -0.3 is 14.7 Å². The van der Waals surface area contributed by atoms with Gasteiger partial charge in [0.15, 0.2) is 0 Å². The number of rotatable bonds is 6. The highest BCUT2D eigenvalue weighted by Crippen LogP contribution is 2.51. The summed E-state index contributed by atoms with van der Waals surface area (Å²) < 4.78 is 0. The van der Waals surface area contributed by atoms with Crippen LogP contribution in [-0.4, -0.2) is 61.4 Å². The Morgan fingerprint density at radius 2 is 1.84 bits per heavy atom. The standard InChI is InChI=1S/C27H41N3O2/c1-5-20(2)26(32)28(4)25-16-23(7-6-21(25)3)22-8-12-30(13-9-22)24-17-27(18-24)10-14-29(19-31)15-11-27/h6-7,16,19-20,22,24H,5,8-15,17-18H2,1-4H3. The number of nitrogens with zero attached hydrogens (tertiary/aromatic N) is 3. The van der Waals surface area contributed by atoms with Gasteiger partial charge in [-0.05, 0) is 93.5 Å². The van der Waals surface area contributed by atoms with Crippen LogP contribution in [0, 0.1) is 18.3 Å². The average molecular weight is 440 g/mol. The van der Waals surface area contributed by atoms with Crippen molar-refractivity contribution in [3.05, 3.63) is 29.3 Å². The van der Waals surface area contributed by atoms with Crippen molar-refractivity contribution in [3.8, 4) is 0 Å². The molecule has 1 aromatic rings. The van der Waals surface area contributed by atoms with Crippen LogP contribution in [0.4, 0.5) is 5.69 Å². The van der Waals surface area contributed by atoms with Crippen molar-refractivity contribution in [2.45, 2.75) is 77.7 Å². The highest BCUT2D eigenvalue weighted by molar-refractivity contribution is 5.95. The van der Waals surface area contributed by atoms with Crippen LogP contribution in [0.2, 0.25) is 0 Å². The number of anilines is 1. The molecule has 32 heavy (non-hydrogen) atoms. The SMILES string of the molecule is CCC(C)C(=O)N(C)c1cc(C2CCN(C3CC4(CCN(C=O)CC4)C3)CC2)ccc1C. The average Bonchev–Trinajstić information content (AvgIpc) is 2.81. The first-order chi connectivity index (χ1) is 15.4. The maximum absolute atomic E-state index is 12.7. The van der Waals surface area contributed by atoms with Crippen LogP contribution in [0.1, 0.15) is 75.8 Å². The number of benzene rings is 1. The molecule has 0 bridgehead atoms. The summed E-state index contributed by atoms with van der Waals surface area (Å²) in [7, 11) is 1.93. The van der Waals surface area contributed by atoms with Crippen LogP contribution >= 0.6 is 0 Å². The Kier molecular flexibility index (Phi) is 6.94. The molecule has 0 N–H and O–H groups in total. The van der Waals surface area contributed by atoms with E-state index in [4.69, 9.17) is 0 Å². The summed E-state index contributed by atoms with van der Waals surface area (Å²) in [5.74, 6) is 0.853. The molecule has 1 aliphatic carbocycles. The van der Waals surface area contributed by atoms with Gasteiger partial charge in [0.05, 0.1) is 0 Å². The summed E-state index contributed by atoms with van der Waals surface area (Å²) in [6.45, 7) is 10.4.